The fraction of sp³-hybridized carbons (Fsp3) is 0.417. The van der Waals surface area contributed by atoms with Gasteiger partial charge in [0.1, 0.15) is 0 Å². The number of guanidine groups is 1. The number of aliphatic hydroxyl groups excluding tert-OH is 1. The van der Waals surface area contributed by atoms with E-state index in [1.165, 1.54) is 0 Å². The maximum absolute atomic E-state index is 11.8. The second kappa shape index (κ2) is 11.4. The number of carbonyl (C=O) groups is 1. The van der Waals surface area contributed by atoms with E-state index in [4.69, 9.17) is 0 Å². The standard InChI is InChI=1S/C24H32N4O2/c1-2-25-24(26-15-14-22(29)21-7-4-3-5-8-21)27-17-19-10-12-20(13-11-19)18-28-16-6-9-23(28)30/h3-5,7-8,10-13,22,29H,2,6,9,14-18H2,1H3,(H2,25,26,27). The van der Waals surface area contributed by atoms with Gasteiger partial charge in [-0.25, -0.2) is 4.99 Å². The fourth-order valence-corrected chi connectivity index (χ4v) is 3.52. The summed E-state index contributed by atoms with van der Waals surface area (Å²) in [6, 6.07) is 18.0. The summed E-state index contributed by atoms with van der Waals surface area (Å²) >= 11 is 0. The minimum absolute atomic E-state index is 0.252. The summed E-state index contributed by atoms with van der Waals surface area (Å²) in [6.45, 7) is 5.56. The predicted molar refractivity (Wildman–Crippen MR) is 120 cm³/mol. The van der Waals surface area contributed by atoms with Crippen LogP contribution < -0.4 is 10.6 Å². The van der Waals surface area contributed by atoms with E-state index < -0.39 is 6.10 Å². The Morgan fingerprint density at radius 1 is 1.10 bits per heavy atom. The van der Waals surface area contributed by atoms with Crippen LogP contribution in [-0.4, -0.2) is 41.5 Å². The van der Waals surface area contributed by atoms with E-state index in [2.05, 4.69) is 39.9 Å². The highest BCUT2D eigenvalue weighted by Gasteiger charge is 2.19. The van der Waals surface area contributed by atoms with Crippen molar-refractivity contribution in [2.45, 2.75) is 45.4 Å². The largest absolute Gasteiger partial charge is 0.388 e. The second-order valence-corrected chi connectivity index (χ2v) is 7.57. The van der Waals surface area contributed by atoms with E-state index in [0.717, 1.165) is 42.2 Å². The Labute approximate surface area is 179 Å². The van der Waals surface area contributed by atoms with E-state index in [0.29, 0.717) is 32.5 Å². The van der Waals surface area contributed by atoms with Gasteiger partial charge in [0.2, 0.25) is 5.91 Å². The molecular weight excluding hydrogens is 376 g/mol. The van der Waals surface area contributed by atoms with Gasteiger partial charge in [-0.05, 0) is 36.5 Å². The molecule has 1 aliphatic rings. The summed E-state index contributed by atoms with van der Waals surface area (Å²) in [5.74, 6) is 0.993. The lowest BCUT2D eigenvalue weighted by Crippen LogP contribution is -2.38. The van der Waals surface area contributed by atoms with Gasteiger partial charge < -0.3 is 20.6 Å². The number of carbonyl (C=O) groups excluding carboxylic acids is 1. The minimum atomic E-state index is -0.489. The predicted octanol–water partition coefficient (Wildman–Crippen LogP) is 2.99. The summed E-state index contributed by atoms with van der Waals surface area (Å²) in [5, 5.41) is 16.8. The first kappa shape index (κ1) is 21.8. The zero-order chi connectivity index (χ0) is 21.2. The van der Waals surface area contributed by atoms with Gasteiger partial charge in [0, 0.05) is 32.6 Å². The Balaban J connectivity index is 1.48. The fourth-order valence-electron chi connectivity index (χ4n) is 3.52. The van der Waals surface area contributed by atoms with Crippen LogP contribution in [0.4, 0.5) is 0 Å². The average Bonchev–Trinajstić information content (AvgIpc) is 3.18. The van der Waals surface area contributed by atoms with Crippen LogP contribution in [0.15, 0.2) is 59.6 Å². The quantitative estimate of drug-likeness (QED) is 0.440. The molecule has 1 aliphatic heterocycles. The summed E-state index contributed by atoms with van der Waals surface area (Å²) in [4.78, 5) is 18.3. The average molecular weight is 409 g/mol. The zero-order valence-corrected chi connectivity index (χ0v) is 17.7. The van der Waals surface area contributed by atoms with Gasteiger partial charge >= 0.3 is 0 Å². The van der Waals surface area contributed by atoms with Crippen LogP contribution in [0.2, 0.25) is 0 Å². The van der Waals surface area contributed by atoms with Crippen LogP contribution in [0.3, 0.4) is 0 Å². The Bertz CT molecular complexity index is 821. The van der Waals surface area contributed by atoms with Crippen LogP contribution in [0.5, 0.6) is 0 Å². The number of likely N-dealkylation sites (tertiary alicyclic amines) is 1. The number of benzene rings is 2. The molecule has 1 fully saturated rings. The molecule has 0 radical (unpaired) electrons. The molecule has 0 aromatic heterocycles. The molecule has 0 aliphatic carbocycles. The number of nitrogens with one attached hydrogen (secondary N) is 2. The summed E-state index contributed by atoms with van der Waals surface area (Å²) in [6.07, 6.45) is 1.76. The number of aliphatic imine (C=N–C) groups is 1. The normalized spacial score (nSPS) is 15.3. The lowest BCUT2D eigenvalue weighted by Gasteiger charge is -2.16. The van der Waals surface area contributed by atoms with Gasteiger partial charge in [0.15, 0.2) is 5.96 Å². The van der Waals surface area contributed by atoms with Gasteiger partial charge in [0.25, 0.3) is 0 Å². The first-order chi connectivity index (χ1) is 14.7. The third kappa shape index (κ3) is 6.59. The summed E-state index contributed by atoms with van der Waals surface area (Å²) < 4.78 is 0. The van der Waals surface area contributed by atoms with Gasteiger partial charge in [-0.15, -0.1) is 0 Å². The number of rotatable bonds is 9. The molecule has 1 saturated heterocycles. The monoisotopic (exact) mass is 408 g/mol. The molecular formula is C24H32N4O2. The molecule has 1 heterocycles. The van der Waals surface area contributed by atoms with Crippen molar-refractivity contribution in [2.24, 2.45) is 4.99 Å². The Kier molecular flexibility index (Phi) is 8.27. The molecule has 2 aromatic rings. The van der Waals surface area contributed by atoms with Crippen molar-refractivity contribution in [1.82, 2.24) is 15.5 Å². The van der Waals surface area contributed by atoms with Gasteiger partial charge in [-0.1, -0.05) is 54.6 Å². The molecule has 1 atom stereocenters. The molecule has 0 saturated carbocycles. The molecule has 160 valence electrons. The molecule has 3 rings (SSSR count). The molecule has 1 unspecified atom stereocenters. The smallest absolute Gasteiger partial charge is 0.222 e. The minimum Gasteiger partial charge on any atom is -0.388 e. The summed E-state index contributed by atoms with van der Waals surface area (Å²) in [5.41, 5.74) is 3.20. The van der Waals surface area contributed by atoms with E-state index in [1.807, 2.05) is 42.2 Å². The van der Waals surface area contributed by atoms with Crippen molar-refractivity contribution >= 4 is 11.9 Å². The van der Waals surface area contributed by atoms with Gasteiger partial charge in [0.05, 0.1) is 12.6 Å². The maximum atomic E-state index is 11.8. The highest BCUT2D eigenvalue weighted by atomic mass is 16.3. The van der Waals surface area contributed by atoms with Gasteiger partial charge in [-0.3, -0.25) is 4.79 Å². The van der Waals surface area contributed by atoms with Crippen molar-refractivity contribution in [3.05, 3.63) is 71.3 Å². The molecule has 6 heteroatoms. The zero-order valence-electron chi connectivity index (χ0n) is 17.7. The van der Waals surface area contributed by atoms with Crippen LogP contribution in [0.25, 0.3) is 0 Å². The Morgan fingerprint density at radius 2 is 1.83 bits per heavy atom. The van der Waals surface area contributed by atoms with Crippen molar-refractivity contribution in [1.29, 1.82) is 0 Å². The third-order valence-corrected chi connectivity index (χ3v) is 5.23. The van der Waals surface area contributed by atoms with Crippen molar-refractivity contribution in [3.63, 3.8) is 0 Å². The van der Waals surface area contributed by atoms with E-state index in [-0.39, 0.29) is 5.91 Å². The van der Waals surface area contributed by atoms with Crippen LogP contribution in [0.1, 0.15) is 49.0 Å². The molecule has 30 heavy (non-hydrogen) atoms. The molecule has 0 spiro atoms. The number of nitrogens with zero attached hydrogens (tertiary/aromatic N) is 2. The molecule has 3 N–H and O–H groups in total. The maximum Gasteiger partial charge on any atom is 0.222 e. The van der Waals surface area contributed by atoms with Crippen LogP contribution in [-0.2, 0) is 17.9 Å². The lowest BCUT2D eigenvalue weighted by molar-refractivity contribution is -0.128. The van der Waals surface area contributed by atoms with Crippen molar-refractivity contribution in [2.75, 3.05) is 19.6 Å². The highest BCUT2D eigenvalue weighted by Crippen LogP contribution is 2.16. The first-order valence-electron chi connectivity index (χ1n) is 10.8. The highest BCUT2D eigenvalue weighted by molar-refractivity contribution is 5.79. The summed E-state index contributed by atoms with van der Waals surface area (Å²) in [7, 11) is 0. The second-order valence-electron chi connectivity index (χ2n) is 7.57. The Morgan fingerprint density at radius 3 is 2.50 bits per heavy atom. The topological polar surface area (TPSA) is 77.0 Å². The van der Waals surface area contributed by atoms with E-state index in [9.17, 15) is 9.90 Å². The van der Waals surface area contributed by atoms with E-state index in [1.54, 1.807) is 0 Å². The van der Waals surface area contributed by atoms with Gasteiger partial charge in [-0.2, -0.15) is 0 Å². The Hall–Kier alpha value is -2.86. The molecule has 2 aromatic carbocycles. The molecule has 6 nitrogen and oxygen atoms in total. The third-order valence-electron chi connectivity index (χ3n) is 5.23. The number of amides is 1. The number of aliphatic hydroxyl groups is 1. The first-order valence-corrected chi connectivity index (χ1v) is 10.8. The lowest BCUT2D eigenvalue weighted by atomic mass is 10.1. The van der Waals surface area contributed by atoms with Crippen LogP contribution >= 0.6 is 0 Å². The van der Waals surface area contributed by atoms with Crippen molar-refractivity contribution in [3.8, 4) is 0 Å². The van der Waals surface area contributed by atoms with E-state index >= 15 is 0 Å². The molecule has 0 bridgehead atoms. The molecule has 1 amide bonds. The number of hydrogen-bond acceptors (Lipinski definition) is 3. The van der Waals surface area contributed by atoms with Crippen LogP contribution in [0, 0.1) is 0 Å². The van der Waals surface area contributed by atoms with Crippen molar-refractivity contribution < 1.29 is 9.90 Å². The SMILES string of the molecule is CCNC(=NCc1ccc(CN2CCCC2=O)cc1)NCCC(O)c1ccccc1. The number of hydrogen-bond donors (Lipinski definition) is 3.